The van der Waals surface area contributed by atoms with Crippen molar-refractivity contribution in [2.24, 2.45) is 0 Å². The van der Waals surface area contributed by atoms with Crippen LogP contribution in [0, 0.1) is 0 Å². The monoisotopic (exact) mass is 246 g/mol. The van der Waals surface area contributed by atoms with Crippen LogP contribution in [0.4, 0.5) is 0 Å². The standard InChI is InChI=1S/C14H18.2C2H6/c1-5-9-12-14(11-7-3)13(8-4)10-6-2;2*1-2/h5-12H,1,3H2,2,4H3;2*1-2H3/b10-6-,12-9-,13-8+,14-11+;;. The minimum Gasteiger partial charge on any atom is -0.0991 e. The first-order valence-corrected chi connectivity index (χ1v) is 6.71. The van der Waals surface area contributed by atoms with E-state index in [1.54, 1.807) is 12.2 Å². The molecule has 0 unspecified atom stereocenters. The molecular weight excluding hydrogens is 216 g/mol. The second kappa shape index (κ2) is 20.8. The van der Waals surface area contributed by atoms with Gasteiger partial charge in [-0.3, -0.25) is 0 Å². The topological polar surface area (TPSA) is 0 Å². The molecule has 0 spiro atoms. The van der Waals surface area contributed by atoms with Gasteiger partial charge in [0.25, 0.3) is 0 Å². The number of allylic oxidation sites excluding steroid dienone is 10. The Bertz CT molecular complexity index is 296. The van der Waals surface area contributed by atoms with Crippen molar-refractivity contribution in [3.05, 3.63) is 72.9 Å². The van der Waals surface area contributed by atoms with Gasteiger partial charge >= 0.3 is 0 Å². The van der Waals surface area contributed by atoms with E-state index in [9.17, 15) is 0 Å². The molecule has 0 nitrogen and oxygen atoms in total. The average molecular weight is 246 g/mol. The SMILES string of the molecule is C=C\C=C/C(=C\C=C)C(/C=C\C)=C/C.CC.CC. The maximum absolute atomic E-state index is 3.70. The number of hydrogen-bond acceptors (Lipinski definition) is 0. The predicted octanol–water partition coefficient (Wildman–Crippen LogP) is 6.42. The Kier molecular flexibility index (Phi) is 25.1. The maximum Gasteiger partial charge on any atom is -0.0188 e. The molecule has 0 aliphatic carbocycles. The van der Waals surface area contributed by atoms with Crippen molar-refractivity contribution in [2.75, 3.05) is 0 Å². The van der Waals surface area contributed by atoms with Crippen molar-refractivity contribution in [1.82, 2.24) is 0 Å². The van der Waals surface area contributed by atoms with E-state index >= 15 is 0 Å². The second-order valence-electron chi connectivity index (χ2n) is 2.70. The molecule has 0 bridgehead atoms. The normalized spacial score (nSPS) is 11.4. The van der Waals surface area contributed by atoms with Crippen LogP contribution in [0.2, 0.25) is 0 Å². The third-order valence-electron chi connectivity index (χ3n) is 1.70. The molecule has 0 saturated heterocycles. The van der Waals surface area contributed by atoms with E-state index in [0.29, 0.717) is 0 Å². The lowest BCUT2D eigenvalue weighted by atomic mass is 10.0. The smallest absolute Gasteiger partial charge is 0.0188 e. The Morgan fingerprint density at radius 1 is 0.778 bits per heavy atom. The lowest BCUT2D eigenvalue weighted by molar-refractivity contribution is 1.48. The molecule has 0 saturated carbocycles. The van der Waals surface area contributed by atoms with E-state index in [1.807, 2.05) is 65.8 Å². The summed E-state index contributed by atoms with van der Waals surface area (Å²) in [6, 6.07) is 0. The van der Waals surface area contributed by atoms with E-state index in [4.69, 9.17) is 0 Å². The second-order valence-corrected chi connectivity index (χ2v) is 2.70. The van der Waals surface area contributed by atoms with Gasteiger partial charge in [-0.1, -0.05) is 89.5 Å². The zero-order valence-electron chi connectivity index (χ0n) is 13.0. The Labute approximate surface area is 115 Å². The summed E-state index contributed by atoms with van der Waals surface area (Å²) >= 11 is 0. The molecule has 0 N–H and O–H groups in total. The van der Waals surface area contributed by atoms with Crippen molar-refractivity contribution in [3.8, 4) is 0 Å². The Balaban J connectivity index is -0.000000506. The highest BCUT2D eigenvalue weighted by Crippen LogP contribution is 2.13. The van der Waals surface area contributed by atoms with Gasteiger partial charge in [-0.25, -0.2) is 0 Å². The van der Waals surface area contributed by atoms with Gasteiger partial charge in [-0.15, -0.1) is 0 Å². The summed E-state index contributed by atoms with van der Waals surface area (Å²) in [4.78, 5) is 0. The van der Waals surface area contributed by atoms with E-state index in [2.05, 4.69) is 25.3 Å². The van der Waals surface area contributed by atoms with E-state index in [0.717, 1.165) is 5.57 Å². The molecule has 0 aromatic heterocycles. The van der Waals surface area contributed by atoms with Gasteiger partial charge in [0.05, 0.1) is 0 Å². The van der Waals surface area contributed by atoms with Crippen LogP contribution in [0.3, 0.4) is 0 Å². The predicted molar refractivity (Wildman–Crippen MR) is 88.9 cm³/mol. The molecule has 0 aliphatic heterocycles. The summed E-state index contributed by atoms with van der Waals surface area (Å²) in [5, 5.41) is 0. The van der Waals surface area contributed by atoms with E-state index in [-0.39, 0.29) is 0 Å². The van der Waals surface area contributed by atoms with E-state index < -0.39 is 0 Å². The van der Waals surface area contributed by atoms with Crippen molar-refractivity contribution >= 4 is 0 Å². The van der Waals surface area contributed by atoms with Gasteiger partial charge in [0.2, 0.25) is 0 Å². The fourth-order valence-electron chi connectivity index (χ4n) is 1.09. The fourth-order valence-corrected chi connectivity index (χ4v) is 1.09. The summed E-state index contributed by atoms with van der Waals surface area (Å²) in [7, 11) is 0. The first-order chi connectivity index (χ1) is 8.79. The zero-order valence-corrected chi connectivity index (χ0v) is 13.0. The summed E-state index contributed by atoms with van der Waals surface area (Å²) in [6.45, 7) is 19.4. The molecule has 0 amide bonds. The largest absolute Gasteiger partial charge is 0.0991 e. The molecule has 0 radical (unpaired) electrons. The molecular formula is C18H30. The van der Waals surface area contributed by atoms with Crippen LogP contribution in [-0.2, 0) is 0 Å². The van der Waals surface area contributed by atoms with Crippen LogP contribution in [0.25, 0.3) is 0 Å². The molecule has 0 heterocycles. The van der Waals surface area contributed by atoms with Crippen LogP contribution >= 0.6 is 0 Å². The first-order valence-electron chi connectivity index (χ1n) is 6.71. The van der Waals surface area contributed by atoms with Crippen LogP contribution in [0.5, 0.6) is 0 Å². The zero-order chi connectivity index (χ0) is 14.8. The van der Waals surface area contributed by atoms with Crippen molar-refractivity contribution in [2.45, 2.75) is 41.5 Å². The summed E-state index contributed by atoms with van der Waals surface area (Å²) in [5.74, 6) is 0. The minimum absolute atomic E-state index is 1.14. The first kappa shape index (κ1) is 21.7. The van der Waals surface area contributed by atoms with Crippen LogP contribution in [-0.4, -0.2) is 0 Å². The van der Waals surface area contributed by atoms with Gasteiger partial charge in [0.15, 0.2) is 0 Å². The van der Waals surface area contributed by atoms with Crippen LogP contribution < -0.4 is 0 Å². The molecule has 0 aromatic carbocycles. The molecule has 0 heteroatoms. The summed E-state index contributed by atoms with van der Waals surface area (Å²) < 4.78 is 0. The lowest BCUT2D eigenvalue weighted by Gasteiger charge is -2.01. The molecule has 0 fully saturated rings. The Morgan fingerprint density at radius 3 is 1.67 bits per heavy atom. The highest BCUT2D eigenvalue weighted by molar-refractivity contribution is 5.47. The third-order valence-corrected chi connectivity index (χ3v) is 1.70. The fraction of sp³-hybridized carbons (Fsp3) is 0.333. The third kappa shape index (κ3) is 12.5. The van der Waals surface area contributed by atoms with E-state index in [1.165, 1.54) is 5.57 Å². The molecule has 0 atom stereocenters. The highest BCUT2D eigenvalue weighted by atomic mass is 14.0. The van der Waals surface area contributed by atoms with Gasteiger partial charge < -0.3 is 0 Å². The Morgan fingerprint density at radius 2 is 1.33 bits per heavy atom. The number of rotatable bonds is 5. The molecule has 18 heavy (non-hydrogen) atoms. The summed E-state index contributed by atoms with van der Waals surface area (Å²) in [6.07, 6.45) is 15.6. The lowest BCUT2D eigenvalue weighted by Crippen LogP contribution is -1.81. The van der Waals surface area contributed by atoms with Gasteiger partial charge in [0, 0.05) is 0 Å². The van der Waals surface area contributed by atoms with Gasteiger partial charge in [-0.2, -0.15) is 0 Å². The highest BCUT2D eigenvalue weighted by Gasteiger charge is 1.94. The van der Waals surface area contributed by atoms with Crippen LogP contribution in [0.15, 0.2) is 72.9 Å². The van der Waals surface area contributed by atoms with Crippen molar-refractivity contribution < 1.29 is 0 Å². The molecule has 0 aliphatic rings. The molecule has 102 valence electrons. The van der Waals surface area contributed by atoms with Crippen LogP contribution in [0.1, 0.15) is 41.5 Å². The van der Waals surface area contributed by atoms with Gasteiger partial charge in [0.1, 0.15) is 0 Å². The van der Waals surface area contributed by atoms with Crippen molar-refractivity contribution in [1.29, 1.82) is 0 Å². The maximum atomic E-state index is 3.70. The Hall–Kier alpha value is -1.56. The number of hydrogen-bond donors (Lipinski definition) is 0. The minimum atomic E-state index is 1.14. The molecule has 0 rings (SSSR count). The van der Waals surface area contributed by atoms with Crippen molar-refractivity contribution in [3.63, 3.8) is 0 Å². The average Bonchev–Trinajstić information content (AvgIpc) is 2.45. The quantitative estimate of drug-likeness (QED) is 0.491. The van der Waals surface area contributed by atoms with Gasteiger partial charge in [-0.05, 0) is 25.0 Å². The summed E-state index contributed by atoms with van der Waals surface area (Å²) in [5.41, 5.74) is 2.33. The molecule has 0 aromatic rings.